The summed E-state index contributed by atoms with van der Waals surface area (Å²) in [6, 6.07) is 2.67. The maximum Gasteiger partial charge on any atom is 0.433 e. The SMILES string of the molecule is Cc1nn(CCCNC(=O)/C=C/c2ccc([N+](=O)[O-])o2)c(C)c1Br. The zero-order valence-electron chi connectivity index (χ0n) is 13.3. The minimum absolute atomic E-state index is 0.254. The predicted molar refractivity (Wildman–Crippen MR) is 91.4 cm³/mol. The van der Waals surface area contributed by atoms with E-state index in [1.807, 2.05) is 18.5 Å². The molecule has 0 aromatic carbocycles. The molecule has 0 radical (unpaired) electrons. The van der Waals surface area contributed by atoms with Crippen molar-refractivity contribution in [1.82, 2.24) is 15.1 Å². The maximum absolute atomic E-state index is 11.7. The van der Waals surface area contributed by atoms with E-state index in [9.17, 15) is 14.9 Å². The van der Waals surface area contributed by atoms with Gasteiger partial charge in [0.1, 0.15) is 10.7 Å². The number of halogens is 1. The molecule has 0 atom stereocenters. The number of carbonyl (C=O) groups is 1. The first-order valence-electron chi connectivity index (χ1n) is 7.28. The second-order valence-electron chi connectivity index (χ2n) is 5.12. The molecule has 2 rings (SSSR count). The highest BCUT2D eigenvalue weighted by molar-refractivity contribution is 9.10. The minimum atomic E-state index is -0.630. The number of rotatable bonds is 7. The van der Waals surface area contributed by atoms with Gasteiger partial charge in [-0.1, -0.05) is 0 Å². The molecule has 0 spiro atoms. The third-order valence-electron chi connectivity index (χ3n) is 3.33. The topological polar surface area (TPSA) is 103 Å². The zero-order chi connectivity index (χ0) is 17.7. The molecule has 1 N–H and O–H groups in total. The van der Waals surface area contributed by atoms with Crippen LogP contribution in [0.5, 0.6) is 0 Å². The Hall–Kier alpha value is -2.42. The summed E-state index contributed by atoms with van der Waals surface area (Å²) in [5, 5.41) is 17.6. The zero-order valence-corrected chi connectivity index (χ0v) is 14.9. The molecule has 24 heavy (non-hydrogen) atoms. The molecule has 2 aromatic heterocycles. The molecule has 0 aliphatic heterocycles. The van der Waals surface area contributed by atoms with Gasteiger partial charge >= 0.3 is 5.88 Å². The number of nitrogens with zero attached hydrogens (tertiary/aromatic N) is 3. The van der Waals surface area contributed by atoms with E-state index in [-0.39, 0.29) is 17.6 Å². The molecule has 0 unspecified atom stereocenters. The average Bonchev–Trinajstić information content (AvgIpc) is 3.11. The normalized spacial score (nSPS) is 11.1. The van der Waals surface area contributed by atoms with Gasteiger partial charge in [0.25, 0.3) is 0 Å². The van der Waals surface area contributed by atoms with Gasteiger partial charge in [0.2, 0.25) is 5.91 Å². The van der Waals surface area contributed by atoms with Crippen LogP contribution in [0.2, 0.25) is 0 Å². The molecule has 2 heterocycles. The van der Waals surface area contributed by atoms with Crippen LogP contribution in [0, 0.1) is 24.0 Å². The van der Waals surface area contributed by atoms with E-state index in [1.165, 1.54) is 24.3 Å². The van der Waals surface area contributed by atoms with Gasteiger partial charge in [0, 0.05) is 24.9 Å². The Kier molecular flexibility index (Phi) is 5.91. The fraction of sp³-hybridized carbons (Fsp3) is 0.333. The van der Waals surface area contributed by atoms with Gasteiger partial charge < -0.3 is 9.73 Å². The van der Waals surface area contributed by atoms with Gasteiger partial charge in [0.05, 0.1) is 16.2 Å². The number of nitrogens with one attached hydrogen (secondary N) is 1. The highest BCUT2D eigenvalue weighted by atomic mass is 79.9. The van der Waals surface area contributed by atoms with Crippen LogP contribution in [0.15, 0.2) is 27.1 Å². The molecule has 0 aliphatic carbocycles. The van der Waals surface area contributed by atoms with Gasteiger partial charge in [-0.05, 0) is 48.3 Å². The van der Waals surface area contributed by atoms with E-state index < -0.39 is 4.92 Å². The second kappa shape index (κ2) is 7.91. The van der Waals surface area contributed by atoms with Crippen molar-refractivity contribution in [3.63, 3.8) is 0 Å². The Morgan fingerprint density at radius 2 is 2.25 bits per heavy atom. The highest BCUT2D eigenvalue weighted by Gasteiger charge is 2.10. The smallest absolute Gasteiger partial charge is 0.401 e. The Bertz CT molecular complexity index is 779. The Balaban J connectivity index is 1.75. The minimum Gasteiger partial charge on any atom is -0.401 e. The van der Waals surface area contributed by atoms with Gasteiger partial charge in [-0.15, -0.1) is 0 Å². The Labute approximate surface area is 146 Å². The van der Waals surface area contributed by atoms with Crippen molar-refractivity contribution in [3.05, 3.63) is 49.9 Å². The van der Waals surface area contributed by atoms with Gasteiger partial charge in [-0.25, -0.2) is 0 Å². The van der Waals surface area contributed by atoms with E-state index in [1.54, 1.807) is 0 Å². The van der Waals surface area contributed by atoms with Crippen molar-refractivity contribution in [2.75, 3.05) is 6.54 Å². The van der Waals surface area contributed by atoms with Crippen molar-refractivity contribution in [3.8, 4) is 0 Å². The summed E-state index contributed by atoms with van der Waals surface area (Å²) < 4.78 is 7.82. The van der Waals surface area contributed by atoms with Crippen LogP contribution in [0.3, 0.4) is 0 Å². The summed E-state index contributed by atoms with van der Waals surface area (Å²) >= 11 is 3.47. The molecule has 0 aliphatic rings. The predicted octanol–water partition coefficient (Wildman–Crippen LogP) is 2.98. The number of hydrogen-bond acceptors (Lipinski definition) is 5. The van der Waals surface area contributed by atoms with Crippen LogP contribution >= 0.6 is 15.9 Å². The number of aryl methyl sites for hydroxylation is 2. The molecule has 1 amide bonds. The van der Waals surface area contributed by atoms with E-state index in [4.69, 9.17) is 4.42 Å². The van der Waals surface area contributed by atoms with Crippen molar-refractivity contribution in [1.29, 1.82) is 0 Å². The van der Waals surface area contributed by atoms with E-state index in [0.717, 1.165) is 22.3 Å². The van der Waals surface area contributed by atoms with E-state index in [2.05, 4.69) is 26.3 Å². The Morgan fingerprint density at radius 3 is 2.83 bits per heavy atom. The molecule has 9 heteroatoms. The summed E-state index contributed by atoms with van der Waals surface area (Å²) in [6.45, 7) is 5.11. The molecule has 0 saturated heterocycles. The molecule has 0 fully saturated rings. The number of aromatic nitrogens is 2. The van der Waals surface area contributed by atoms with Crippen LogP contribution in [0.1, 0.15) is 23.6 Å². The summed E-state index contributed by atoms with van der Waals surface area (Å²) in [7, 11) is 0. The first-order chi connectivity index (χ1) is 11.4. The van der Waals surface area contributed by atoms with Crippen molar-refractivity contribution in [2.45, 2.75) is 26.8 Å². The number of carbonyl (C=O) groups excluding carboxylic acids is 1. The first kappa shape index (κ1) is 17.9. The monoisotopic (exact) mass is 396 g/mol. The van der Waals surface area contributed by atoms with Crippen LogP contribution in [0.4, 0.5) is 5.88 Å². The van der Waals surface area contributed by atoms with Crippen LogP contribution in [-0.4, -0.2) is 27.2 Å². The molecular weight excluding hydrogens is 380 g/mol. The molecular formula is C15H17BrN4O4. The van der Waals surface area contributed by atoms with Gasteiger partial charge in [0.15, 0.2) is 0 Å². The summed E-state index contributed by atoms with van der Waals surface area (Å²) in [6.07, 6.45) is 3.41. The number of hydrogen-bond donors (Lipinski definition) is 1. The standard InChI is InChI=1S/C15H17BrN4O4/c1-10-15(16)11(2)19(18-10)9-3-8-17-13(21)6-4-12-5-7-14(24-12)20(22)23/h4-7H,3,8-9H2,1-2H3,(H,17,21)/b6-4+. The van der Waals surface area contributed by atoms with Crippen LogP contribution in [-0.2, 0) is 11.3 Å². The fourth-order valence-electron chi connectivity index (χ4n) is 2.08. The lowest BCUT2D eigenvalue weighted by molar-refractivity contribution is -0.402. The molecule has 0 bridgehead atoms. The third-order valence-corrected chi connectivity index (χ3v) is 4.48. The second-order valence-corrected chi connectivity index (χ2v) is 5.91. The molecule has 2 aromatic rings. The quantitative estimate of drug-likeness (QED) is 0.335. The molecule has 128 valence electrons. The van der Waals surface area contributed by atoms with Crippen LogP contribution < -0.4 is 5.32 Å². The Morgan fingerprint density at radius 1 is 1.50 bits per heavy atom. The number of furan rings is 1. The van der Waals surface area contributed by atoms with E-state index in [0.29, 0.717) is 13.1 Å². The number of amides is 1. The lowest BCUT2D eigenvalue weighted by atomic mass is 10.3. The summed E-state index contributed by atoms with van der Waals surface area (Å²) in [4.78, 5) is 21.5. The molecule has 0 saturated carbocycles. The average molecular weight is 397 g/mol. The molecule has 8 nitrogen and oxygen atoms in total. The van der Waals surface area contributed by atoms with Crippen molar-refractivity contribution < 1.29 is 14.1 Å². The van der Waals surface area contributed by atoms with E-state index >= 15 is 0 Å². The largest absolute Gasteiger partial charge is 0.433 e. The highest BCUT2D eigenvalue weighted by Crippen LogP contribution is 2.19. The lowest BCUT2D eigenvalue weighted by Crippen LogP contribution is -2.23. The summed E-state index contributed by atoms with van der Waals surface area (Å²) in [5.41, 5.74) is 1.99. The van der Waals surface area contributed by atoms with Gasteiger partial charge in [-0.3, -0.25) is 19.6 Å². The van der Waals surface area contributed by atoms with Gasteiger partial charge in [-0.2, -0.15) is 5.10 Å². The van der Waals surface area contributed by atoms with Crippen LogP contribution in [0.25, 0.3) is 6.08 Å². The summed E-state index contributed by atoms with van der Waals surface area (Å²) in [5.74, 6) is -0.390. The van der Waals surface area contributed by atoms with Crippen molar-refractivity contribution >= 4 is 33.8 Å². The third kappa shape index (κ3) is 4.54. The first-order valence-corrected chi connectivity index (χ1v) is 8.07. The van der Waals surface area contributed by atoms with Crippen molar-refractivity contribution in [2.24, 2.45) is 0 Å². The lowest BCUT2D eigenvalue weighted by Gasteiger charge is -2.05. The fourth-order valence-corrected chi connectivity index (χ4v) is 2.36. The number of nitro groups is 1. The maximum atomic E-state index is 11.7.